The molecule has 3 fully saturated rings. The molecule has 0 aliphatic carbocycles. The number of nitrogens with one attached hydrogen (secondary N) is 1. The van der Waals surface area contributed by atoms with Crippen LogP contribution in [0, 0.1) is 0 Å². The van der Waals surface area contributed by atoms with Crippen LogP contribution in [0.3, 0.4) is 0 Å². The fourth-order valence-corrected chi connectivity index (χ4v) is 6.73. The normalized spacial score (nSPS) is 25.9. The minimum atomic E-state index is 0.192. The van der Waals surface area contributed by atoms with Gasteiger partial charge in [0.2, 0.25) is 0 Å². The van der Waals surface area contributed by atoms with Crippen LogP contribution in [-0.4, -0.2) is 78.5 Å². The van der Waals surface area contributed by atoms with Crippen molar-refractivity contribution in [2.24, 2.45) is 0 Å². The number of ether oxygens (including phenoxy) is 2. The number of anilines is 1. The largest absolute Gasteiger partial charge is 0.463 e. The molecule has 238 valence electrons. The van der Waals surface area contributed by atoms with Crippen molar-refractivity contribution in [2.45, 2.75) is 84.1 Å². The number of morpholine rings is 1. The summed E-state index contributed by atoms with van der Waals surface area (Å²) in [6.45, 7) is 13.2. The van der Waals surface area contributed by atoms with Crippen LogP contribution in [0.1, 0.15) is 65.4 Å². The second-order valence-electron chi connectivity index (χ2n) is 12.7. The highest BCUT2D eigenvalue weighted by Gasteiger charge is 2.33. The van der Waals surface area contributed by atoms with Crippen molar-refractivity contribution in [2.75, 3.05) is 44.2 Å². The summed E-state index contributed by atoms with van der Waals surface area (Å²) in [6, 6.07) is 11.3. The van der Waals surface area contributed by atoms with E-state index in [1.165, 1.54) is 11.1 Å². The zero-order valence-corrected chi connectivity index (χ0v) is 27.3. The van der Waals surface area contributed by atoms with Crippen molar-refractivity contribution >= 4 is 35.9 Å². The molecule has 3 aliphatic rings. The number of piperazine rings is 1. The molecule has 4 atom stereocenters. The van der Waals surface area contributed by atoms with E-state index >= 15 is 0 Å². The zero-order valence-electron chi connectivity index (χ0n) is 26.6. The van der Waals surface area contributed by atoms with Crippen LogP contribution < -0.4 is 25.5 Å². The molecule has 9 heteroatoms. The first-order valence-corrected chi connectivity index (χ1v) is 16.4. The lowest BCUT2D eigenvalue weighted by atomic mass is 10.0. The van der Waals surface area contributed by atoms with Gasteiger partial charge in [-0.1, -0.05) is 59.2 Å². The number of fused-ring (bicyclic) bond motifs is 2. The van der Waals surface area contributed by atoms with Gasteiger partial charge in [0.25, 0.3) is 0 Å². The number of rotatable bonds is 11. The second kappa shape index (κ2) is 15.5. The number of halogens is 2. The molecule has 0 saturated carbocycles. The zero-order chi connectivity index (χ0) is 31.1. The van der Waals surface area contributed by atoms with Crippen molar-refractivity contribution in [3.8, 4) is 6.01 Å². The third-order valence-electron chi connectivity index (χ3n) is 8.68. The minimum absolute atomic E-state index is 0.192. The van der Waals surface area contributed by atoms with Crippen molar-refractivity contribution in [3.05, 3.63) is 62.6 Å². The number of allylic oxidation sites excluding steroid dienone is 3. The lowest BCUT2D eigenvalue weighted by molar-refractivity contribution is -0.0686. The molecule has 2 bridgehead atoms. The van der Waals surface area contributed by atoms with Crippen LogP contribution in [0.5, 0.6) is 6.01 Å². The third-order valence-corrected chi connectivity index (χ3v) is 9.12. The molecule has 44 heavy (non-hydrogen) atoms. The summed E-state index contributed by atoms with van der Waals surface area (Å²) in [7, 11) is 0. The van der Waals surface area contributed by atoms with Crippen LogP contribution in [0.2, 0.25) is 0 Å². The van der Waals surface area contributed by atoms with E-state index in [2.05, 4.69) is 59.1 Å². The van der Waals surface area contributed by atoms with Gasteiger partial charge in [-0.2, -0.15) is 9.97 Å². The average Bonchev–Trinajstić information content (AvgIpc) is 3.35. The Balaban J connectivity index is 1.35. The van der Waals surface area contributed by atoms with Gasteiger partial charge in [-0.05, 0) is 71.4 Å². The monoisotopic (exact) mass is 623 g/mol. The molecular weight excluding hydrogens is 577 g/mol. The molecule has 5 rings (SSSR count). The maximum Gasteiger partial charge on any atom is 0.319 e. The van der Waals surface area contributed by atoms with Crippen LogP contribution in [0.4, 0.5) is 10.2 Å². The van der Waals surface area contributed by atoms with E-state index < -0.39 is 0 Å². The van der Waals surface area contributed by atoms with Gasteiger partial charge in [-0.15, -0.1) is 0 Å². The molecule has 4 heterocycles. The fourth-order valence-electron chi connectivity index (χ4n) is 6.53. The molecule has 4 unspecified atom stereocenters. The van der Waals surface area contributed by atoms with Crippen molar-refractivity contribution < 1.29 is 13.9 Å². The Morgan fingerprint density at radius 2 is 1.75 bits per heavy atom. The molecule has 2 aromatic rings. The Kier molecular flexibility index (Phi) is 11.5. The molecule has 0 spiro atoms. The van der Waals surface area contributed by atoms with Crippen LogP contribution >= 0.6 is 11.6 Å². The van der Waals surface area contributed by atoms with Crippen LogP contribution in [-0.2, 0) is 4.74 Å². The first kappa shape index (κ1) is 32.6. The van der Waals surface area contributed by atoms with Crippen molar-refractivity contribution in [3.63, 3.8) is 0 Å². The molecule has 7 nitrogen and oxygen atoms in total. The molecule has 1 N–H and O–H groups in total. The minimum Gasteiger partial charge on any atom is -0.463 e. The Morgan fingerprint density at radius 1 is 1.05 bits per heavy atom. The van der Waals surface area contributed by atoms with E-state index in [1.807, 2.05) is 31.2 Å². The van der Waals surface area contributed by atoms with Crippen LogP contribution in [0.15, 0.2) is 46.5 Å². The summed E-state index contributed by atoms with van der Waals surface area (Å²) in [5.74, 6) is 0.680. The molecule has 1 aromatic carbocycles. The van der Waals surface area contributed by atoms with Gasteiger partial charge >= 0.3 is 6.01 Å². The molecule has 0 radical (unpaired) electrons. The molecule has 1 aromatic heterocycles. The fraction of sp³-hybridized carbons (Fsp3) is 0.543. The Morgan fingerprint density at radius 3 is 2.43 bits per heavy atom. The maximum atomic E-state index is 14.5. The molecular formula is C35H47ClFN5O2. The Bertz CT molecular complexity index is 1430. The first-order valence-electron chi connectivity index (χ1n) is 16.1. The van der Waals surface area contributed by atoms with E-state index in [0.29, 0.717) is 41.1 Å². The first-order chi connectivity index (χ1) is 21.3. The van der Waals surface area contributed by atoms with Gasteiger partial charge in [0.15, 0.2) is 0 Å². The highest BCUT2D eigenvalue weighted by atomic mass is 35.5. The quantitative estimate of drug-likeness (QED) is 0.346. The second-order valence-corrected chi connectivity index (χ2v) is 13.1. The summed E-state index contributed by atoms with van der Waals surface area (Å²) >= 11 is 6.89. The van der Waals surface area contributed by atoms with E-state index in [1.54, 1.807) is 0 Å². The SMILES string of the molecule is C\C(CC/C(C)=C/c1ccccc1)=C(Cl)/C=c1/c(N2CC3CCC(C2)N3)nc(OCCCN2CC(C)OC(C)C2)n/c1=C\F. The molecule has 3 saturated heterocycles. The third kappa shape index (κ3) is 8.90. The van der Waals surface area contributed by atoms with E-state index in [4.69, 9.17) is 26.1 Å². The van der Waals surface area contributed by atoms with Crippen molar-refractivity contribution in [1.29, 1.82) is 0 Å². The van der Waals surface area contributed by atoms with Gasteiger partial charge in [0, 0.05) is 55.1 Å². The van der Waals surface area contributed by atoms with Crippen LogP contribution in [0.25, 0.3) is 18.5 Å². The average molecular weight is 624 g/mol. The van der Waals surface area contributed by atoms with Crippen molar-refractivity contribution in [1.82, 2.24) is 20.2 Å². The standard InChI is InChI=1S/C35H47ClFN5O2/c1-24(17-28-9-6-5-7-10-28)11-12-25(2)32(36)18-31-33(19-37)39-35(40-34(31)42-22-29-13-14-30(23-42)38-29)43-16-8-15-41-20-26(3)44-27(4)21-41/h5-7,9-10,17-19,26-27,29-30,38H,8,11-16,20-23H2,1-4H3/b24-17+,31-18+,32-25-,33-19-. The van der Waals surface area contributed by atoms with Gasteiger partial charge in [-0.25, -0.2) is 4.39 Å². The Hall–Kier alpha value is -2.78. The van der Waals surface area contributed by atoms with E-state index in [9.17, 15) is 4.39 Å². The Labute approximate surface area is 266 Å². The highest BCUT2D eigenvalue weighted by Crippen LogP contribution is 2.24. The molecule has 0 amide bonds. The van der Waals surface area contributed by atoms with Gasteiger partial charge in [0.05, 0.1) is 18.8 Å². The predicted molar refractivity (Wildman–Crippen MR) is 178 cm³/mol. The summed E-state index contributed by atoms with van der Waals surface area (Å²) in [5, 5.41) is 5.05. The number of aromatic nitrogens is 2. The predicted octanol–water partition coefficient (Wildman–Crippen LogP) is 5.18. The van der Waals surface area contributed by atoms with Gasteiger partial charge in [-0.3, -0.25) is 4.90 Å². The highest BCUT2D eigenvalue weighted by molar-refractivity contribution is 6.34. The topological polar surface area (TPSA) is 62.8 Å². The number of benzene rings is 1. The number of hydrogen-bond acceptors (Lipinski definition) is 7. The smallest absolute Gasteiger partial charge is 0.319 e. The van der Waals surface area contributed by atoms with E-state index in [0.717, 1.165) is 70.4 Å². The summed E-state index contributed by atoms with van der Waals surface area (Å²) < 4.78 is 26.4. The number of hydrogen-bond donors (Lipinski definition) is 1. The lowest BCUT2D eigenvalue weighted by Gasteiger charge is -2.35. The number of nitrogens with zero attached hydrogens (tertiary/aromatic N) is 4. The van der Waals surface area contributed by atoms with E-state index in [-0.39, 0.29) is 23.6 Å². The maximum absolute atomic E-state index is 14.5. The van der Waals surface area contributed by atoms with Gasteiger partial charge in [0.1, 0.15) is 17.5 Å². The lowest BCUT2D eigenvalue weighted by Crippen LogP contribution is -2.53. The molecule has 3 aliphatic heterocycles. The van der Waals surface area contributed by atoms with Gasteiger partial charge < -0.3 is 19.7 Å². The summed E-state index contributed by atoms with van der Waals surface area (Å²) in [5.41, 5.74) is 3.50. The summed E-state index contributed by atoms with van der Waals surface area (Å²) in [6.07, 6.45) is 9.80. The summed E-state index contributed by atoms with van der Waals surface area (Å²) in [4.78, 5) is 14.0.